The third kappa shape index (κ3) is 3.22. The monoisotopic (exact) mass is 327 g/mol. The molecule has 1 amide bonds. The van der Waals surface area contributed by atoms with Crippen LogP contribution in [0.15, 0.2) is 23.6 Å². The van der Waals surface area contributed by atoms with E-state index in [-0.39, 0.29) is 10.6 Å². The fourth-order valence-corrected chi connectivity index (χ4v) is 2.87. The van der Waals surface area contributed by atoms with Crippen LogP contribution in [-0.2, 0) is 4.74 Å². The number of thiophene rings is 1. The topological polar surface area (TPSA) is 55.4 Å². The van der Waals surface area contributed by atoms with Gasteiger partial charge in [-0.2, -0.15) is 0 Å². The Labute approximate surface area is 129 Å². The fourth-order valence-electron chi connectivity index (χ4n) is 1.70. The average Bonchev–Trinajstić information content (AvgIpc) is 2.79. The van der Waals surface area contributed by atoms with Gasteiger partial charge in [-0.1, -0.05) is 11.6 Å². The molecule has 0 unspecified atom stereocenters. The van der Waals surface area contributed by atoms with E-state index < -0.39 is 17.7 Å². The van der Waals surface area contributed by atoms with Crippen LogP contribution in [0.4, 0.5) is 10.1 Å². The van der Waals surface area contributed by atoms with Gasteiger partial charge in [0.25, 0.3) is 5.91 Å². The maximum Gasteiger partial charge on any atom is 0.350 e. The van der Waals surface area contributed by atoms with E-state index in [1.165, 1.54) is 24.5 Å². The van der Waals surface area contributed by atoms with Gasteiger partial charge in [0.2, 0.25) is 0 Å². The van der Waals surface area contributed by atoms with Crippen molar-refractivity contribution in [1.29, 1.82) is 0 Å². The van der Waals surface area contributed by atoms with Gasteiger partial charge in [-0.15, -0.1) is 11.3 Å². The van der Waals surface area contributed by atoms with Crippen molar-refractivity contribution in [2.24, 2.45) is 0 Å². The number of rotatable bonds is 3. The molecule has 0 aliphatic carbocycles. The largest absolute Gasteiger partial charge is 0.465 e. The number of carbonyl (C=O) groups excluding carboxylic acids is 2. The van der Waals surface area contributed by atoms with Crippen LogP contribution in [0.25, 0.3) is 0 Å². The van der Waals surface area contributed by atoms with E-state index in [1.54, 1.807) is 12.3 Å². The molecule has 0 bridgehead atoms. The van der Waals surface area contributed by atoms with E-state index >= 15 is 0 Å². The maximum atomic E-state index is 13.0. The Morgan fingerprint density at radius 3 is 2.71 bits per heavy atom. The minimum absolute atomic E-state index is 0.000000656. The quantitative estimate of drug-likeness (QED) is 0.870. The Hall–Kier alpha value is -1.92. The van der Waals surface area contributed by atoms with E-state index in [0.29, 0.717) is 10.6 Å². The van der Waals surface area contributed by atoms with E-state index in [1.807, 2.05) is 0 Å². The average molecular weight is 328 g/mol. The summed E-state index contributed by atoms with van der Waals surface area (Å²) in [6.07, 6.45) is 0. The normalized spacial score (nSPS) is 10.3. The molecule has 0 fully saturated rings. The van der Waals surface area contributed by atoms with E-state index in [2.05, 4.69) is 10.1 Å². The highest BCUT2D eigenvalue weighted by Crippen LogP contribution is 2.29. The lowest BCUT2D eigenvalue weighted by Crippen LogP contribution is -2.15. The van der Waals surface area contributed by atoms with Gasteiger partial charge in [0, 0.05) is 0 Å². The summed E-state index contributed by atoms with van der Waals surface area (Å²) < 4.78 is 17.7. The van der Waals surface area contributed by atoms with Crippen LogP contribution in [-0.4, -0.2) is 19.0 Å². The first-order valence-corrected chi connectivity index (χ1v) is 7.12. The van der Waals surface area contributed by atoms with Crippen molar-refractivity contribution in [3.63, 3.8) is 0 Å². The Bertz CT molecular complexity index is 714. The number of hydrogen-bond acceptors (Lipinski definition) is 4. The number of hydrogen-bond donors (Lipinski definition) is 1. The molecular weight excluding hydrogens is 317 g/mol. The second kappa shape index (κ2) is 6.24. The van der Waals surface area contributed by atoms with Gasteiger partial charge in [0.1, 0.15) is 10.7 Å². The van der Waals surface area contributed by atoms with Gasteiger partial charge in [0.05, 0.1) is 23.4 Å². The third-order valence-corrected chi connectivity index (χ3v) is 4.15. The molecule has 0 saturated carbocycles. The lowest BCUT2D eigenvalue weighted by molar-refractivity contribution is 0.0607. The molecule has 0 aliphatic rings. The van der Waals surface area contributed by atoms with Gasteiger partial charge in [-0.25, -0.2) is 9.18 Å². The van der Waals surface area contributed by atoms with Gasteiger partial charge in [-0.05, 0) is 36.1 Å². The molecule has 1 N–H and O–H groups in total. The first-order chi connectivity index (χ1) is 9.93. The molecule has 110 valence electrons. The minimum Gasteiger partial charge on any atom is -0.465 e. The van der Waals surface area contributed by atoms with Crippen molar-refractivity contribution in [2.75, 3.05) is 12.4 Å². The first-order valence-electron chi connectivity index (χ1n) is 5.87. The van der Waals surface area contributed by atoms with Gasteiger partial charge in [-0.3, -0.25) is 4.79 Å². The van der Waals surface area contributed by atoms with E-state index in [0.717, 1.165) is 17.7 Å². The van der Waals surface area contributed by atoms with Crippen molar-refractivity contribution >= 4 is 40.5 Å². The minimum atomic E-state index is -0.534. The molecule has 4 nitrogen and oxygen atoms in total. The Balaban J connectivity index is 2.32. The Kier molecular flexibility index (Phi) is 4.59. The lowest BCUT2D eigenvalue weighted by Gasteiger charge is -2.08. The molecule has 1 aromatic heterocycles. The van der Waals surface area contributed by atoms with Gasteiger partial charge >= 0.3 is 5.97 Å². The van der Waals surface area contributed by atoms with Crippen molar-refractivity contribution in [2.45, 2.75) is 6.92 Å². The van der Waals surface area contributed by atoms with Crippen LogP contribution in [0.3, 0.4) is 0 Å². The molecule has 2 aromatic rings. The smallest absolute Gasteiger partial charge is 0.350 e. The molecule has 0 spiro atoms. The summed E-state index contributed by atoms with van der Waals surface area (Å²) in [7, 11) is 1.26. The number of halogens is 2. The van der Waals surface area contributed by atoms with Crippen molar-refractivity contribution in [3.05, 3.63) is 50.4 Å². The second-order valence-corrected chi connectivity index (χ2v) is 5.48. The van der Waals surface area contributed by atoms with Gasteiger partial charge in [0.15, 0.2) is 0 Å². The van der Waals surface area contributed by atoms with Crippen LogP contribution in [0.5, 0.6) is 0 Å². The van der Waals surface area contributed by atoms with Gasteiger partial charge < -0.3 is 10.1 Å². The highest BCUT2D eigenvalue weighted by atomic mass is 35.5. The molecule has 7 heteroatoms. The number of anilines is 1. The van der Waals surface area contributed by atoms with Crippen molar-refractivity contribution in [3.8, 4) is 0 Å². The molecular formula is C14H11ClFNO3S. The summed E-state index contributed by atoms with van der Waals surface area (Å²) >= 11 is 7.01. The number of benzene rings is 1. The molecule has 0 saturated heterocycles. The number of nitrogens with one attached hydrogen (secondary N) is 1. The maximum absolute atomic E-state index is 13.0. The molecule has 0 radical (unpaired) electrons. The zero-order valence-electron chi connectivity index (χ0n) is 11.2. The molecule has 0 aliphatic heterocycles. The predicted molar refractivity (Wildman–Crippen MR) is 79.8 cm³/mol. The standard InChI is InChI=1S/C14H11ClFNO3S/c1-7-6-21-12(14(19)20-2)11(7)17-13(18)9-4-3-8(16)5-10(9)15/h3-6H,1-2H3,(H,17,18). The fraction of sp³-hybridized carbons (Fsp3) is 0.143. The van der Waals surface area contributed by atoms with Crippen LogP contribution in [0.1, 0.15) is 25.6 Å². The molecule has 21 heavy (non-hydrogen) atoms. The summed E-state index contributed by atoms with van der Waals surface area (Å²) in [5.41, 5.74) is 1.23. The number of ether oxygens (including phenoxy) is 1. The zero-order valence-corrected chi connectivity index (χ0v) is 12.8. The Morgan fingerprint density at radius 1 is 1.38 bits per heavy atom. The summed E-state index contributed by atoms with van der Waals surface area (Å²) in [6.45, 7) is 1.75. The van der Waals surface area contributed by atoms with E-state index in [4.69, 9.17) is 11.6 Å². The summed E-state index contributed by atoms with van der Waals surface area (Å²) in [5.74, 6) is -1.58. The lowest BCUT2D eigenvalue weighted by atomic mass is 10.2. The van der Waals surface area contributed by atoms with Crippen LogP contribution in [0.2, 0.25) is 5.02 Å². The van der Waals surface area contributed by atoms with Crippen LogP contribution < -0.4 is 5.32 Å². The molecule has 0 atom stereocenters. The van der Waals surface area contributed by atoms with Crippen molar-refractivity contribution in [1.82, 2.24) is 0 Å². The number of methoxy groups -OCH3 is 1. The highest BCUT2D eigenvalue weighted by molar-refractivity contribution is 7.12. The van der Waals surface area contributed by atoms with E-state index in [9.17, 15) is 14.0 Å². The molecule has 1 aromatic carbocycles. The highest BCUT2D eigenvalue weighted by Gasteiger charge is 2.20. The summed E-state index contributed by atoms with van der Waals surface area (Å²) in [5, 5.41) is 4.34. The number of amides is 1. The molecule has 1 heterocycles. The number of esters is 1. The molecule has 2 rings (SSSR count). The number of carbonyl (C=O) groups is 2. The zero-order chi connectivity index (χ0) is 15.6. The van der Waals surface area contributed by atoms with Crippen LogP contribution >= 0.6 is 22.9 Å². The third-order valence-electron chi connectivity index (χ3n) is 2.76. The van der Waals surface area contributed by atoms with Crippen LogP contribution in [0, 0.1) is 12.7 Å². The summed E-state index contributed by atoms with van der Waals surface area (Å²) in [4.78, 5) is 24.1. The number of aryl methyl sites for hydroxylation is 1. The Morgan fingerprint density at radius 2 is 2.10 bits per heavy atom. The predicted octanol–water partition coefficient (Wildman–Crippen LogP) is 3.89. The SMILES string of the molecule is COC(=O)c1scc(C)c1NC(=O)c1ccc(F)cc1Cl. The van der Waals surface area contributed by atoms with Crippen molar-refractivity contribution < 1.29 is 18.7 Å². The summed E-state index contributed by atoms with van der Waals surface area (Å²) in [6, 6.07) is 3.48. The first kappa shape index (κ1) is 15.5. The second-order valence-electron chi connectivity index (χ2n) is 4.19.